The van der Waals surface area contributed by atoms with E-state index in [-0.39, 0.29) is 19.5 Å². The Morgan fingerprint density at radius 1 is 0.958 bits per heavy atom. The van der Waals surface area contributed by atoms with Gasteiger partial charge in [-0.25, -0.2) is 0 Å². The summed E-state index contributed by atoms with van der Waals surface area (Å²) in [7, 11) is 0. The summed E-state index contributed by atoms with van der Waals surface area (Å²) in [5.41, 5.74) is 0. The molecule has 1 fully saturated rings. The number of nitrogens with one attached hydrogen (secondary N) is 3. The zero-order valence-electron chi connectivity index (χ0n) is 12.9. The van der Waals surface area contributed by atoms with Crippen LogP contribution in [0.3, 0.4) is 0 Å². The maximum Gasteiger partial charge on any atom is 0.317 e. The van der Waals surface area contributed by atoms with Gasteiger partial charge in [0.2, 0.25) is 0 Å². The third-order valence-electron chi connectivity index (χ3n) is 3.92. The number of hydrogen-bond donors (Lipinski definition) is 9. The highest BCUT2D eigenvalue weighted by Crippen LogP contribution is 2.22. The second-order valence-corrected chi connectivity index (χ2v) is 5.62. The number of aldehydes is 1. The molecule has 0 aromatic heterocycles. The minimum Gasteiger partial charge on any atom is -0.480 e. The lowest BCUT2D eigenvalue weighted by molar-refractivity contribution is -0.137. The van der Waals surface area contributed by atoms with Crippen LogP contribution in [-0.4, -0.2) is 105 Å². The molecule has 0 saturated heterocycles. The first kappa shape index (κ1) is 20.9. The van der Waals surface area contributed by atoms with Crippen molar-refractivity contribution in [2.45, 2.75) is 49.1 Å². The summed E-state index contributed by atoms with van der Waals surface area (Å²) in [4.78, 5) is 21.2. The Labute approximate surface area is 138 Å². The molecule has 0 aromatic rings. The van der Waals surface area contributed by atoms with E-state index in [1.807, 2.05) is 0 Å². The molecule has 0 radical (unpaired) electrons. The van der Waals surface area contributed by atoms with E-state index < -0.39 is 55.2 Å². The molecule has 140 valence electrons. The van der Waals surface area contributed by atoms with Crippen LogP contribution in [-0.2, 0) is 9.59 Å². The molecule has 9 N–H and O–H groups in total. The second kappa shape index (κ2) is 9.96. The van der Waals surface area contributed by atoms with Crippen LogP contribution in [0.15, 0.2) is 0 Å². The van der Waals surface area contributed by atoms with Crippen LogP contribution >= 0.6 is 0 Å². The standard InChI is InChI=1S/C13H25N3O8/c17-4-3-15-9-11(22)8(14-2-1-6(18)19)12(23)10(13(9)24)16-5-7(20)21/h4,6,8-16,18-19,22-24H,1-3,5H2,(H,20,21). The number of carbonyl (C=O) groups excluding carboxylic acids is 1. The minimum absolute atomic E-state index is 0.0542. The maximum atomic E-state index is 10.7. The monoisotopic (exact) mass is 351 g/mol. The summed E-state index contributed by atoms with van der Waals surface area (Å²) in [6.45, 7) is -0.613. The van der Waals surface area contributed by atoms with E-state index in [4.69, 9.17) is 15.3 Å². The van der Waals surface area contributed by atoms with Gasteiger partial charge in [0.15, 0.2) is 6.29 Å². The van der Waals surface area contributed by atoms with Crippen molar-refractivity contribution in [3.63, 3.8) is 0 Å². The molecule has 0 aromatic carbocycles. The van der Waals surface area contributed by atoms with Crippen LogP contribution in [0.1, 0.15) is 6.42 Å². The Hall–Kier alpha value is -1.18. The Bertz CT molecular complexity index is 411. The average Bonchev–Trinajstić information content (AvgIpc) is 2.50. The fourth-order valence-electron chi connectivity index (χ4n) is 2.77. The third-order valence-corrected chi connectivity index (χ3v) is 3.92. The van der Waals surface area contributed by atoms with Gasteiger partial charge in [0, 0.05) is 13.0 Å². The molecule has 0 amide bonds. The zero-order chi connectivity index (χ0) is 18.3. The quantitative estimate of drug-likeness (QED) is 0.135. The fraction of sp³-hybridized carbons (Fsp3) is 0.846. The number of carboxylic acids is 1. The largest absolute Gasteiger partial charge is 0.480 e. The predicted octanol–water partition coefficient (Wildman–Crippen LogP) is -5.06. The molecule has 1 saturated carbocycles. The minimum atomic E-state index is -1.56. The normalized spacial score (nSPS) is 33.6. The van der Waals surface area contributed by atoms with Gasteiger partial charge < -0.3 is 46.1 Å². The summed E-state index contributed by atoms with van der Waals surface area (Å²) in [6.07, 6.45) is -5.08. The Kier molecular flexibility index (Phi) is 8.66. The molecule has 1 aliphatic carbocycles. The van der Waals surface area contributed by atoms with Crippen LogP contribution in [0.25, 0.3) is 0 Å². The average molecular weight is 351 g/mol. The number of aliphatic hydroxyl groups is 5. The molecule has 0 aliphatic heterocycles. The molecule has 1 rings (SSSR count). The molecular weight excluding hydrogens is 326 g/mol. The second-order valence-electron chi connectivity index (χ2n) is 5.62. The number of carboxylic acid groups (broad SMARTS) is 1. The fourth-order valence-corrected chi connectivity index (χ4v) is 2.77. The van der Waals surface area contributed by atoms with E-state index in [0.29, 0.717) is 6.29 Å². The first-order valence-corrected chi connectivity index (χ1v) is 7.55. The zero-order valence-corrected chi connectivity index (χ0v) is 12.9. The summed E-state index contributed by atoms with van der Waals surface area (Å²) >= 11 is 0. The van der Waals surface area contributed by atoms with Crippen LogP contribution < -0.4 is 16.0 Å². The molecule has 6 atom stereocenters. The Morgan fingerprint density at radius 3 is 1.92 bits per heavy atom. The molecular formula is C13H25N3O8. The van der Waals surface area contributed by atoms with Gasteiger partial charge in [-0.15, -0.1) is 0 Å². The number of rotatable bonds is 10. The molecule has 11 nitrogen and oxygen atoms in total. The van der Waals surface area contributed by atoms with Crippen LogP contribution in [0.2, 0.25) is 0 Å². The van der Waals surface area contributed by atoms with E-state index in [1.54, 1.807) is 0 Å². The predicted molar refractivity (Wildman–Crippen MR) is 79.9 cm³/mol. The van der Waals surface area contributed by atoms with Gasteiger partial charge in [0.1, 0.15) is 6.29 Å². The van der Waals surface area contributed by atoms with Gasteiger partial charge >= 0.3 is 5.97 Å². The van der Waals surface area contributed by atoms with Crippen molar-refractivity contribution in [1.29, 1.82) is 0 Å². The number of carbonyl (C=O) groups is 2. The van der Waals surface area contributed by atoms with Crippen molar-refractivity contribution in [2.24, 2.45) is 0 Å². The van der Waals surface area contributed by atoms with Gasteiger partial charge in [-0.1, -0.05) is 0 Å². The molecule has 24 heavy (non-hydrogen) atoms. The molecule has 0 heterocycles. The molecule has 0 bridgehead atoms. The lowest BCUT2D eigenvalue weighted by Gasteiger charge is -2.46. The van der Waals surface area contributed by atoms with E-state index in [0.717, 1.165) is 0 Å². The lowest BCUT2D eigenvalue weighted by Crippen LogP contribution is -2.74. The van der Waals surface area contributed by atoms with Crippen molar-refractivity contribution in [3.8, 4) is 0 Å². The first-order chi connectivity index (χ1) is 11.3. The van der Waals surface area contributed by atoms with E-state index in [1.165, 1.54) is 0 Å². The summed E-state index contributed by atoms with van der Waals surface area (Å²) in [5.74, 6) is -1.19. The highest BCUT2D eigenvalue weighted by atomic mass is 16.5. The smallest absolute Gasteiger partial charge is 0.317 e. The van der Waals surface area contributed by atoms with Crippen molar-refractivity contribution in [2.75, 3.05) is 19.6 Å². The molecule has 0 spiro atoms. The van der Waals surface area contributed by atoms with E-state index >= 15 is 0 Å². The van der Waals surface area contributed by atoms with E-state index in [9.17, 15) is 24.9 Å². The van der Waals surface area contributed by atoms with Gasteiger partial charge in [0.25, 0.3) is 0 Å². The third kappa shape index (κ3) is 5.72. The molecule has 1 aliphatic rings. The number of aliphatic carboxylic acids is 1. The summed E-state index contributed by atoms with van der Waals surface area (Å²) in [5, 5.41) is 65.2. The van der Waals surface area contributed by atoms with Crippen molar-refractivity contribution in [1.82, 2.24) is 16.0 Å². The van der Waals surface area contributed by atoms with Crippen molar-refractivity contribution < 1.29 is 40.2 Å². The SMILES string of the molecule is O=CCNC1C(O)C(NCCC(O)O)C(O)C(NCC(=O)O)C1O. The number of aliphatic hydroxyl groups excluding tert-OH is 4. The Morgan fingerprint density at radius 2 is 1.46 bits per heavy atom. The highest BCUT2D eigenvalue weighted by Gasteiger charge is 2.48. The lowest BCUT2D eigenvalue weighted by atomic mass is 9.79. The molecule has 6 unspecified atom stereocenters. The van der Waals surface area contributed by atoms with Crippen LogP contribution in [0, 0.1) is 0 Å². The van der Waals surface area contributed by atoms with Crippen molar-refractivity contribution in [3.05, 3.63) is 0 Å². The molecule has 11 heteroatoms. The van der Waals surface area contributed by atoms with Gasteiger partial charge in [-0.3, -0.25) is 10.1 Å². The summed E-state index contributed by atoms with van der Waals surface area (Å²) < 4.78 is 0. The highest BCUT2D eigenvalue weighted by molar-refractivity contribution is 5.69. The summed E-state index contributed by atoms with van der Waals surface area (Å²) in [6, 6.07) is -3.06. The van der Waals surface area contributed by atoms with Crippen molar-refractivity contribution >= 4 is 12.3 Å². The van der Waals surface area contributed by atoms with Crippen LogP contribution in [0.4, 0.5) is 0 Å². The number of hydrogen-bond acceptors (Lipinski definition) is 10. The van der Waals surface area contributed by atoms with Crippen LogP contribution in [0.5, 0.6) is 0 Å². The van der Waals surface area contributed by atoms with Gasteiger partial charge in [-0.2, -0.15) is 0 Å². The maximum absolute atomic E-state index is 10.7. The van der Waals surface area contributed by atoms with Gasteiger partial charge in [0.05, 0.1) is 49.5 Å². The first-order valence-electron chi connectivity index (χ1n) is 7.55. The topological polar surface area (TPSA) is 192 Å². The van der Waals surface area contributed by atoms with Gasteiger partial charge in [-0.05, 0) is 0 Å². The Balaban J connectivity index is 2.85. The van der Waals surface area contributed by atoms with E-state index in [2.05, 4.69) is 16.0 Å².